The second kappa shape index (κ2) is 8.73. The van der Waals surface area contributed by atoms with E-state index in [9.17, 15) is 0 Å². The number of hydrogen-bond acceptors (Lipinski definition) is 5. The maximum atomic E-state index is 6.31. The van der Waals surface area contributed by atoms with Gasteiger partial charge in [0.25, 0.3) is 0 Å². The third-order valence-corrected chi connectivity index (χ3v) is 5.86. The molecule has 0 amide bonds. The first kappa shape index (κ1) is 21.4. The van der Waals surface area contributed by atoms with Crippen LogP contribution in [-0.4, -0.2) is 23.3 Å². The van der Waals surface area contributed by atoms with Crippen molar-refractivity contribution in [2.45, 2.75) is 52.1 Å². The van der Waals surface area contributed by atoms with E-state index in [4.69, 9.17) is 18.8 Å². The second-order valence-corrected chi connectivity index (χ2v) is 8.66. The van der Waals surface area contributed by atoms with Gasteiger partial charge < -0.3 is 18.8 Å². The molecule has 0 bridgehead atoms. The topological polar surface area (TPSA) is 49.8 Å². The van der Waals surface area contributed by atoms with E-state index in [1.807, 2.05) is 94.4 Å². The minimum absolute atomic E-state index is 0.391. The van der Waals surface area contributed by atoms with Gasteiger partial charge in [-0.3, -0.25) is 0 Å². The van der Waals surface area contributed by atoms with Crippen molar-refractivity contribution < 1.29 is 18.8 Å². The van der Waals surface area contributed by atoms with E-state index in [-0.39, 0.29) is 0 Å². The van der Waals surface area contributed by atoms with Gasteiger partial charge in [0.2, 0.25) is 5.88 Å². The largest absolute Gasteiger partial charge is 0.504 e. The van der Waals surface area contributed by atoms with Gasteiger partial charge >= 0.3 is 7.12 Å². The number of aromatic nitrogens is 1. The van der Waals surface area contributed by atoms with Crippen LogP contribution in [0.1, 0.15) is 38.8 Å². The molecule has 1 aliphatic rings. The van der Waals surface area contributed by atoms with E-state index in [0.29, 0.717) is 30.3 Å². The Morgan fingerprint density at radius 2 is 1.26 bits per heavy atom. The smallest absolute Gasteiger partial charge is 0.489 e. The molecule has 3 aromatic rings. The van der Waals surface area contributed by atoms with Crippen LogP contribution < -0.4 is 14.9 Å². The van der Waals surface area contributed by atoms with Crippen molar-refractivity contribution >= 4 is 12.6 Å². The van der Waals surface area contributed by atoms with Gasteiger partial charge in [-0.15, -0.1) is 0 Å². The monoisotopic (exact) mass is 417 g/mol. The Kier molecular flexibility index (Phi) is 6.03. The average molecular weight is 417 g/mol. The molecule has 1 fully saturated rings. The Morgan fingerprint density at radius 3 is 1.81 bits per heavy atom. The molecule has 0 N–H and O–H groups in total. The van der Waals surface area contributed by atoms with Crippen LogP contribution in [0.25, 0.3) is 0 Å². The molecule has 1 aromatic heterocycles. The van der Waals surface area contributed by atoms with Crippen LogP contribution in [0.5, 0.6) is 11.6 Å². The third-order valence-electron chi connectivity index (χ3n) is 5.86. The lowest BCUT2D eigenvalue weighted by atomic mass is 9.79. The standard InChI is InChI=1S/C25H28BNO4/c1-24(2)25(3,4)31-26(30-24)22-21(28-17-19-11-7-5-8-12-19)15-16-27-23(22)29-18-20-13-9-6-10-14-20/h5-16H,17-18H2,1-4H3. The minimum atomic E-state index is -0.643. The van der Waals surface area contributed by atoms with Gasteiger partial charge in [-0.2, -0.15) is 0 Å². The molecule has 1 aliphatic heterocycles. The Morgan fingerprint density at radius 1 is 0.742 bits per heavy atom. The Labute approximate surface area is 184 Å². The van der Waals surface area contributed by atoms with Gasteiger partial charge in [0, 0.05) is 6.20 Å². The molecule has 160 valence electrons. The van der Waals surface area contributed by atoms with Gasteiger partial charge in [0.05, 0.1) is 16.7 Å². The van der Waals surface area contributed by atoms with Crippen molar-refractivity contribution in [3.63, 3.8) is 0 Å². The van der Waals surface area contributed by atoms with Crippen LogP contribution in [0, 0.1) is 0 Å². The summed E-state index contributed by atoms with van der Waals surface area (Å²) < 4.78 is 24.9. The Bertz CT molecular complexity index is 931. The molecule has 2 heterocycles. The van der Waals surface area contributed by atoms with Crippen molar-refractivity contribution in [1.82, 2.24) is 4.98 Å². The molecule has 0 radical (unpaired) electrons. The Hall–Kier alpha value is -2.83. The molecule has 0 aliphatic carbocycles. The molecule has 4 rings (SSSR count). The molecule has 0 saturated carbocycles. The molecule has 0 atom stereocenters. The van der Waals surface area contributed by atoms with Crippen LogP contribution in [0.3, 0.4) is 0 Å². The lowest BCUT2D eigenvalue weighted by Crippen LogP contribution is -2.41. The van der Waals surface area contributed by atoms with Crippen molar-refractivity contribution in [3.05, 3.63) is 84.1 Å². The summed E-state index contributed by atoms with van der Waals surface area (Å²) in [4.78, 5) is 4.49. The second-order valence-electron chi connectivity index (χ2n) is 8.66. The van der Waals surface area contributed by atoms with E-state index >= 15 is 0 Å². The summed E-state index contributed by atoms with van der Waals surface area (Å²) >= 11 is 0. The molecular weight excluding hydrogens is 389 g/mol. The molecule has 1 saturated heterocycles. The number of hydrogen-bond donors (Lipinski definition) is 0. The molecule has 5 nitrogen and oxygen atoms in total. The average Bonchev–Trinajstić information content (AvgIpc) is 2.98. The normalized spacial score (nSPS) is 16.8. The van der Waals surface area contributed by atoms with Crippen molar-refractivity contribution in [2.75, 3.05) is 0 Å². The highest BCUT2D eigenvalue weighted by Crippen LogP contribution is 2.38. The summed E-state index contributed by atoms with van der Waals surface area (Å²) in [7, 11) is -0.643. The molecule has 31 heavy (non-hydrogen) atoms. The van der Waals surface area contributed by atoms with Crippen molar-refractivity contribution in [1.29, 1.82) is 0 Å². The lowest BCUT2D eigenvalue weighted by molar-refractivity contribution is 0.00578. The predicted octanol–water partition coefficient (Wildman–Crippen LogP) is 4.54. The van der Waals surface area contributed by atoms with Crippen LogP contribution in [0.4, 0.5) is 0 Å². The van der Waals surface area contributed by atoms with Gasteiger partial charge in [-0.05, 0) is 44.9 Å². The third kappa shape index (κ3) is 4.76. The maximum Gasteiger partial charge on any atom is 0.504 e. The van der Waals surface area contributed by atoms with E-state index in [2.05, 4.69) is 4.98 Å². The number of benzene rings is 2. The number of ether oxygens (including phenoxy) is 2. The molecule has 2 aromatic carbocycles. The summed E-state index contributed by atoms with van der Waals surface area (Å²) in [6.07, 6.45) is 1.69. The quantitative estimate of drug-likeness (QED) is 0.529. The Balaban J connectivity index is 1.64. The van der Waals surface area contributed by atoms with Gasteiger partial charge in [-0.25, -0.2) is 4.98 Å². The lowest BCUT2D eigenvalue weighted by Gasteiger charge is -2.32. The first-order valence-corrected chi connectivity index (χ1v) is 10.5. The fraction of sp³-hybridized carbons (Fsp3) is 0.320. The van der Waals surface area contributed by atoms with E-state index < -0.39 is 18.3 Å². The van der Waals surface area contributed by atoms with Gasteiger partial charge in [0.1, 0.15) is 19.0 Å². The zero-order chi connectivity index (χ0) is 21.9. The molecule has 0 unspecified atom stereocenters. The van der Waals surface area contributed by atoms with Crippen molar-refractivity contribution in [2.24, 2.45) is 0 Å². The molecule has 0 spiro atoms. The highest BCUT2D eigenvalue weighted by Gasteiger charge is 2.53. The number of pyridine rings is 1. The van der Waals surface area contributed by atoms with E-state index in [1.54, 1.807) is 6.20 Å². The summed E-state index contributed by atoms with van der Waals surface area (Å²) in [6, 6.07) is 21.9. The minimum Gasteiger partial charge on any atom is -0.489 e. The van der Waals surface area contributed by atoms with Crippen LogP contribution in [0.2, 0.25) is 0 Å². The zero-order valence-corrected chi connectivity index (χ0v) is 18.5. The summed E-state index contributed by atoms with van der Waals surface area (Å²) in [5, 5.41) is 0. The van der Waals surface area contributed by atoms with Gasteiger partial charge in [-0.1, -0.05) is 60.7 Å². The highest BCUT2D eigenvalue weighted by molar-refractivity contribution is 6.64. The summed E-state index contributed by atoms with van der Waals surface area (Å²) in [5.74, 6) is 1.09. The first-order valence-electron chi connectivity index (χ1n) is 10.5. The molecule has 6 heteroatoms. The van der Waals surface area contributed by atoms with Crippen LogP contribution >= 0.6 is 0 Å². The van der Waals surface area contributed by atoms with Crippen LogP contribution in [0.15, 0.2) is 72.9 Å². The fourth-order valence-electron chi connectivity index (χ4n) is 3.32. The molecular formula is C25H28BNO4. The highest BCUT2D eigenvalue weighted by atomic mass is 16.7. The van der Waals surface area contributed by atoms with Crippen molar-refractivity contribution in [3.8, 4) is 11.6 Å². The number of rotatable bonds is 7. The fourth-order valence-corrected chi connectivity index (χ4v) is 3.32. The predicted molar refractivity (Wildman–Crippen MR) is 122 cm³/mol. The summed E-state index contributed by atoms with van der Waals surface area (Å²) in [6.45, 7) is 8.92. The zero-order valence-electron chi connectivity index (χ0n) is 18.5. The maximum absolute atomic E-state index is 6.31. The van der Waals surface area contributed by atoms with E-state index in [1.165, 1.54) is 0 Å². The first-order chi connectivity index (χ1) is 14.9. The van der Waals surface area contributed by atoms with Crippen LogP contribution in [-0.2, 0) is 22.5 Å². The summed E-state index contributed by atoms with van der Waals surface area (Å²) in [5.41, 5.74) is 1.83. The van der Waals surface area contributed by atoms with E-state index in [0.717, 1.165) is 11.1 Å². The van der Waals surface area contributed by atoms with Gasteiger partial charge in [0.15, 0.2) is 0 Å². The SMILES string of the molecule is CC1(C)OB(c2c(OCc3ccccc3)ccnc2OCc2ccccc2)OC1(C)C. The number of nitrogens with zero attached hydrogens (tertiary/aromatic N) is 1.